The number of rotatable bonds is 4. The van der Waals surface area contributed by atoms with Gasteiger partial charge in [-0.05, 0) is 25.1 Å². The molecule has 9 heteroatoms. The third-order valence-corrected chi connectivity index (χ3v) is 7.19. The monoisotopic (exact) mass is 402 g/mol. The Morgan fingerprint density at radius 2 is 1.84 bits per heavy atom. The molecule has 25 heavy (non-hydrogen) atoms. The third-order valence-electron chi connectivity index (χ3n) is 4.57. The average molecular weight is 403 g/mol. The van der Waals surface area contributed by atoms with E-state index in [1.807, 2.05) is 24.9 Å². The Labute approximate surface area is 158 Å². The summed E-state index contributed by atoms with van der Waals surface area (Å²) in [6.07, 6.45) is 1.87. The summed E-state index contributed by atoms with van der Waals surface area (Å²) < 4.78 is 29.0. The first-order valence-electron chi connectivity index (χ1n) is 7.94. The van der Waals surface area contributed by atoms with Crippen molar-refractivity contribution in [3.63, 3.8) is 0 Å². The molecular formula is C16H20Cl2N4O2S. The highest BCUT2D eigenvalue weighted by atomic mass is 35.5. The molecule has 0 atom stereocenters. The summed E-state index contributed by atoms with van der Waals surface area (Å²) in [5, 5.41) is 4.80. The van der Waals surface area contributed by atoms with Crippen molar-refractivity contribution in [2.24, 2.45) is 7.05 Å². The van der Waals surface area contributed by atoms with Gasteiger partial charge in [0, 0.05) is 56.1 Å². The van der Waals surface area contributed by atoms with Crippen molar-refractivity contribution in [1.82, 2.24) is 19.0 Å². The molecule has 1 aromatic carbocycles. The largest absolute Gasteiger partial charge is 0.296 e. The summed E-state index contributed by atoms with van der Waals surface area (Å²) in [5.74, 6) is 0. The maximum atomic E-state index is 12.8. The Kier molecular flexibility index (Phi) is 5.41. The van der Waals surface area contributed by atoms with Crippen molar-refractivity contribution in [3.05, 3.63) is 45.7 Å². The molecule has 0 spiro atoms. The Hall–Kier alpha value is -1.12. The first-order chi connectivity index (χ1) is 11.8. The molecule has 6 nitrogen and oxygen atoms in total. The van der Waals surface area contributed by atoms with Crippen molar-refractivity contribution in [2.45, 2.75) is 18.4 Å². The fraction of sp³-hybridized carbons (Fsp3) is 0.438. The SMILES string of the molecule is Cc1c(CN2CCN(S(=O)(=O)c3cc(Cl)ccc3Cl)CC2)cnn1C. The zero-order valence-corrected chi connectivity index (χ0v) is 16.4. The number of piperazine rings is 1. The van der Waals surface area contributed by atoms with E-state index in [-0.39, 0.29) is 9.92 Å². The molecule has 0 aliphatic carbocycles. The van der Waals surface area contributed by atoms with Crippen molar-refractivity contribution >= 4 is 33.2 Å². The fourth-order valence-corrected chi connectivity index (χ4v) is 5.04. The van der Waals surface area contributed by atoms with Gasteiger partial charge in [0.2, 0.25) is 10.0 Å². The Balaban J connectivity index is 1.69. The molecule has 0 amide bonds. The number of nitrogens with zero attached hydrogens (tertiary/aromatic N) is 4. The standard InChI is InChI=1S/C16H20Cl2N4O2S/c1-12-13(10-19-20(12)2)11-21-5-7-22(8-6-21)25(23,24)16-9-14(17)3-4-15(16)18/h3-4,9-10H,5-8,11H2,1-2H3. The number of benzene rings is 1. The van der Waals surface area contributed by atoms with Gasteiger partial charge in [-0.15, -0.1) is 0 Å². The molecule has 2 aromatic rings. The minimum absolute atomic E-state index is 0.0678. The van der Waals surface area contributed by atoms with Gasteiger partial charge in [0.15, 0.2) is 0 Å². The van der Waals surface area contributed by atoms with Crippen molar-refractivity contribution < 1.29 is 8.42 Å². The molecule has 0 saturated carbocycles. The highest BCUT2D eigenvalue weighted by Crippen LogP contribution is 2.28. The molecule has 0 unspecified atom stereocenters. The van der Waals surface area contributed by atoms with Crippen LogP contribution in [-0.2, 0) is 23.6 Å². The number of aryl methyl sites for hydroxylation is 1. The van der Waals surface area contributed by atoms with Crippen LogP contribution in [0, 0.1) is 6.92 Å². The molecule has 0 N–H and O–H groups in total. The van der Waals surface area contributed by atoms with Crippen LogP contribution in [0.3, 0.4) is 0 Å². The van der Waals surface area contributed by atoms with Crippen molar-refractivity contribution in [3.8, 4) is 0 Å². The van der Waals surface area contributed by atoms with Crippen LogP contribution in [0.15, 0.2) is 29.3 Å². The summed E-state index contributed by atoms with van der Waals surface area (Å²) >= 11 is 12.0. The van der Waals surface area contributed by atoms with E-state index in [0.717, 1.165) is 17.8 Å². The molecular weight excluding hydrogens is 383 g/mol. The number of aromatic nitrogens is 2. The van der Waals surface area contributed by atoms with Gasteiger partial charge in [-0.25, -0.2) is 8.42 Å². The van der Waals surface area contributed by atoms with E-state index in [1.54, 1.807) is 6.07 Å². The summed E-state index contributed by atoms with van der Waals surface area (Å²) in [6, 6.07) is 4.50. The van der Waals surface area contributed by atoms with Crippen LogP contribution < -0.4 is 0 Å². The quantitative estimate of drug-likeness (QED) is 0.788. The second-order valence-electron chi connectivity index (χ2n) is 6.13. The average Bonchev–Trinajstić information content (AvgIpc) is 2.89. The first kappa shape index (κ1) is 18.7. The molecule has 3 rings (SSSR count). The Morgan fingerprint density at radius 1 is 1.16 bits per heavy atom. The summed E-state index contributed by atoms with van der Waals surface area (Å²) in [4.78, 5) is 2.30. The number of hydrogen-bond acceptors (Lipinski definition) is 4. The van der Waals surface area contributed by atoms with E-state index in [4.69, 9.17) is 23.2 Å². The smallest absolute Gasteiger partial charge is 0.244 e. The lowest BCUT2D eigenvalue weighted by molar-refractivity contribution is 0.181. The molecule has 1 fully saturated rings. The first-order valence-corrected chi connectivity index (χ1v) is 10.1. The molecule has 0 bridgehead atoms. The lowest BCUT2D eigenvalue weighted by Gasteiger charge is -2.34. The van der Waals surface area contributed by atoms with Gasteiger partial charge >= 0.3 is 0 Å². The van der Waals surface area contributed by atoms with Crippen LogP contribution in [0.4, 0.5) is 0 Å². The minimum atomic E-state index is -3.64. The topological polar surface area (TPSA) is 58.4 Å². The highest BCUT2D eigenvalue weighted by Gasteiger charge is 2.30. The molecule has 1 aliphatic heterocycles. The maximum Gasteiger partial charge on any atom is 0.244 e. The van der Waals surface area contributed by atoms with Gasteiger partial charge in [-0.2, -0.15) is 9.40 Å². The van der Waals surface area contributed by atoms with Crippen LogP contribution in [0.25, 0.3) is 0 Å². The van der Waals surface area contributed by atoms with E-state index in [1.165, 1.54) is 16.4 Å². The second kappa shape index (κ2) is 7.25. The van der Waals surface area contributed by atoms with Crippen molar-refractivity contribution in [2.75, 3.05) is 26.2 Å². The molecule has 136 valence electrons. The van der Waals surface area contributed by atoms with Gasteiger partial charge < -0.3 is 0 Å². The van der Waals surface area contributed by atoms with Crippen LogP contribution in [0.5, 0.6) is 0 Å². The van der Waals surface area contributed by atoms with Gasteiger partial charge in [0.05, 0.1) is 11.2 Å². The fourth-order valence-electron chi connectivity index (χ4n) is 2.88. The number of hydrogen-bond donors (Lipinski definition) is 0. The third kappa shape index (κ3) is 3.85. The number of sulfonamides is 1. The van der Waals surface area contributed by atoms with Gasteiger partial charge in [0.1, 0.15) is 4.90 Å². The van der Waals surface area contributed by atoms with E-state index >= 15 is 0 Å². The van der Waals surface area contributed by atoms with Crippen LogP contribution in [0.2, 0.25) is 10.0 Å². The molecule has 2 heterocycles. The molecule has 0 radical (unpaired) electrons. The van der Waals surface area contributed by atoms with Gasteiger partial charge in [-0.3, -0.25) is 9.58 Å². The Morgan fingerprint density at radius 3 is 2.44 bits per heavy atom. The lowest BCUT2D eigenvalue weighted by Crippen LogP contribution is -2.48. The van der Waals surface area contributed by atoms with Crippen LogP contribution >= 0.6 is 23.2 Å². The molecule has 1 aliphatic rings. The second-order valence-corrected chi connectivity index (χ2v) is 8.88. The normalized spacial score (nSPS) is 17.1. The van der Waals surface area contributed by atoms with Crippen molar-refractivity contribution in [1.29, 1.82) is 0 Å². The van der Waals surface area contributed by atoms with E-state index < -0.39 is 10.0 Å². The summed E-state index contributed by atoms with van der Waals surface area (Å²) in [6.45, 7) is 4.96. The lowest BCUT2D eigenvalue weighted by atomic mass is 10.2. The van der Waals surface area contributed by atoms with E-state index in [0.29, 0.717) is 31.2 Å². The van der Waals surface area contributed by atoms with E-state index in [9.17, 15) is 8.42 Å². The van der Waals surface area contributed by atoms with Crippen LogP contribution in [0.1, 0.15) is 11.3 Å². The zero-order valence-electron chi connectivity index (χ0n) is 14.1. The summed E-state index contributed by atoms with van der Waals surface area (Å²) in [7, 11) is -1.73. The minimum Gasteiger partial charge on any atom is -0.296 e. The zero-order chi connectivity index (χ0) is 18.2. The van der Waals surface area contributed by atoms with Gasteiger partial charge in [-0.1, -0.05) is 23.2 Å². The predicted octanol–water partition coefficient (Wildman–Crippen LogP) is 2.54. The van der Waals surface area contributed by atoms with E-state index in [2.05, 4.69) is 10.00 Å². The molecule has 1 saturated heterocycles. The molecule has 1 aromatic heterocycles. The predicted molar refractivity (Wildman–Crippen MR) is 98.4 cm³/mol. The van der Waals surface area contributed by atoms with Crippen LogP contribution in [-0.4, -0.2) is 53.6 Å². The Bertz CT molecular complexity index is 874. The van der Waals surface area contributed by atoms with Gasteiger partial charge in [0.25, 0.3) is 0 Å². The maximum absolute atomic E-state index is 12.8. The highest BCUT2D eigenvalue weighted by molar-refractivity contribution is 7.89. The number of halogens is 2. The summed E-state index contributed by atoms with van der Waals surface area (Å²) in [5.41, 5.74) is 2.29.